The fourth-order valence-electron chi connectivity index (χ4n) is 5.70. The van der Waals surface area contributed by atoms with Gasteiger partial charge in [0.15, 0.2) is 0 Å². The molecule has 2 aliphatic heterocycles. The molecule has 2 aliphatic rings. The first kappa shape index (κ1) is 25.3. The molecule has 2 heterocycles. The highest BCUT2D eigenvalue weighted by molar-refractivity contribution is 5.87. The van der Waals surface area contributed by atoms with Crippen molar-refractivity contribution in [2.75, 3.05) is 19.8 Å². The summed E-state index contributed by atoms with van der Waals surface area (Å²) >= 11 is 0. The van der Waals surface area contributed by atoms with E-state index in [1.807, 2.05) is 6.07 Å². The molecule has 6 aromatic carbocycles. The van der Waals surface area contributed by atoms with Crippen LogP contribution in [0.1, 0.15) is 23.1 Å². The van der Waals surface area contributed by atoms with Crippen LogP contribution in [0.4, 0.5) is 0 Å². The van der Waals surface area contributed by atoms with Crippen LogP contribution in [0.5, 0.6) is 17.2 Å². The first-order chi connectivity index (χ1) is 20.7. The number of fused-ring (bicyclic) bond motifs is 3. The van der Waals surface area contributed by atoms with Crippen molar-refractivity contribution in [3.05, 3.63) is 126 Å². The summed E-state index contributed by atoms with van der Waals surface area (Å²) < 4.78 is 22.9. The minimum absolute atomic E-state index is 0.254. The van der Waals surface area contributed by atoms with E-state index in [2.05, 4.69) is 103 Å². The second-order valence-electron chi connectivity index (χ2n) is 11.6. The predicted octanol–water partition coefficient (Wildman–Crippen LogP) is 8.64. The van der Waals surface area contributed by atoms with Gasteiger partial charge in [0.05, 0.1) is 19.3 Å². The van der Waals surface area contributed by atoms with Gasteiger partial charge in [-0.05, 0) is 105 Å². The summed E-state index contributed by atoms with van der Waals surface area (Å²) in [4.78, 5) is 0. The lowest BCUT2D eigenvalue weighted by Gasteiger charge is -2.10. The lowest BCUT2D eigenvalue weighted by molar-refractivity contribution is 0.263. The van der Waals surface area contributed by atoms with Gasteiger partial charge in [0, 0.05) is 0 Å². The highest BCUT2D eigenvalue weighted by atomic mass is 16.6. The van der Waals surface area contributed by atoms with E-state index in [4.69, 9.17) is 18.9 Å². The number of epoxide rings is 2. The molecule has 0 bridgehead atoms. The van der Waals surface area contributed by atoms with Crippen LogP contribution in [-0.4, -0.2) is 32.0 Å². The molecule has 0 spiro atoms. The molecule has 6 aromatic rings. The predicted molar refractivity (Wildman–Crippen MR) is 168 cm³/mol. The maximum atomic E-state index is 6.36. The van der Waals surface area contributed by atoms with E-state index in [0.29, 0.717) is 12.7 Å². The Morgan fingerprint density at radius 3 is 1.55 bits per heavy atom. The third-order valence-electron chi connectivity index (χ3n) is 8.27. The largest absolute Gasteiger partial charge is 0.491 e. The smallest absolute Gasteiger partial charge is 0.128 e. The summed E-state index contributed by atoms with van der Waals surface area (Å²) in [6, 6.07) is 39.0. The minimum Gasteiger partial charge on any atom is -0.491 e. The molecular weight excluding hydrogens is 520 g/mol. The van der Waals surface area contributed by atoms with Crippen molar-refractivity contribution in [3.8, 4) is 17.2 Å². The summed E-state index contributed by atoms with van der Waals surface area (Å²) in [5.74, 6) is 2.59. The van der Waals surface area contributed by atoms with E-state index in [0.717, 1.165) is 49.7 Å². The average molecular weight is 553 g/mol. The van der Waals surface area contributed by atoms with Gasteiger partial charge in [0.2, 0.25) is 0 Å². The van der Waals surface area contributed by atoms with E-state index in [-0.39, 0.29) is 6.10 Å². The van der Waals surface area contributed by atoms with Crippen LogP contribution in [0.3, 0.4) is 0 Å². The molecule has 0 aliphatic carbocycles. The first-order valence-electron chi connectivity index (χ1n) is 14.8. The van der Waals surface area contributed by atoms with E-state index in [1.165, 1.54) is 49.0 Å². The maximum Gasteiger partial charge on any atom is 0.128 e. The number of aryl methyl sites for hydroxylation is 1. The van der Waals surface area contributed by atoms with Gasteiger partial charge in [-0.15, -0.1) is 0 Å². The van der Waals surface area contributed by atoms with E-state index in [1.54, 1.807) is 0 Å². The second-order valence-corrected chi connectivity index (χ2v) is 11.6. The fourth-order valence-corrected chi connectivity index (χ4v) is 5.70. The molecule has 2 atom stereocenters. The van der Waals surface area contributed by atoms with Crippen LogP contribution in [-0.2, 0) is 22.3 Å². The lowest BCUT2D eigenvalue weighted by Crippen LogP contribution is -2.03. The van der Waals surface area contributed by atoms with Gasteiger partial charge in [-0.1, -0.05) is 72.8 Å². The molecular formula is C38H32O4. The fraction of sp³-hybridized carbons (Fsp3) is 0.211. The zero-order chi connectivity index (χ0) is 27.9. The minimum atomic E-state index is 0.254. The van der Waals surface area contributed by atoms with Gasteiger partial charge in [-0.2, -0.15) is 0 Å². The number of rotatable bonds is 10. The molecule has 0 amide bonds. The number of hydrogen-bond donors (Lipinski definition) is 0. The highest BCUT2D eigenvalue weighted by Gasteiger charge is 2.23. The molecule has 4 heteroatoms. The van der Waals surface area contributed by atoms with Crippen molar-refractivity contribution < 1.29 is 18.9 Å². The Bertz CT molecular complexity index is 1780. The molecule has 0 aromatic heterocycles. The molecule has 0 saturated carbocycles. The van der Waals surface area contributed by atoms with Crippen molar-refractivity contribution in [2.45, 2.75) is 31.5 Å². The van der Waals surface area contributed by atoms with Crippen LogP contribution < -0.4 is 9.47 Å². The summed E-state index contributed by atoms with van der Waals surface area (Å²) in [7, 11) is 0. The topological polar surface area (TPSA) is 43.5 Å². The van der Waals surface area contributed by atoms with Gasteiger partial charge in [-0.3, -0.25) is 0 Å². The van der Waals surface area contributed by atoms with E-state index < -0.39 is 0 Å². The highest BCUT2D eigenvalue weighted by Crippen LogP contribution is 2.31. The van der Waals surface area contributed by atoms with Gasteiger partial charge in [-0.25, -0.2) is 0 Å². The van der Waals surface area contributed by atoms with Crippen LogP contribution >= 0.6 is 0 Å². The van der Waals surface area contributed by atoms with Crippen LogP contribution in [0.15, 0.2) is 109 Å². The Balaban J connectivity index is 0.999. The van der Waals surface area contributed by atoms with Crippen LogP contribution in [0, 0.1) is 0 Å². The Morgan fingerprint density at radius 2 is 0.976 bits per heavy atom. The molecule has 0 N–H and O–H groups in total. The van der Waals surface area contributed by atoms with Crippen molar-refractivity contribution in [1.82, 2.24) is 0 Å². The van der Waals surface area contributed by atoms with Gasteiger partial charge in [0.25, 0.3) is 0 Å². The van der Waals surface area contributed by atoms with Crippen molar-refractivity contribution in [2.24, 2.45) is 0 Å². The molecule has 42 heavy (non-hydrogen) atoms. The molecule has 4 nitrogen and oxygen atoms in total. The summed E-state index contributed by atoms with van der Waals surface area (Å²) in [6.45, 7) is 2.33. The molecule has 2 fully saturated rings. The number of benzene rings is 6. The molecule has 8 rings (SSSR count). The maximum absolute atomic E-state index is 6.36. The summed E-state index contributed by atoms with van der Waals surface area (Å²) in [5, 5.41) is 7.21. The Morgan fingerprint density at radius 1 is 0.500 bits per heavy atom. The van der Waals surface area contributed by atoms with Crippen LogP contribution in [0.25, 0.3) is 32.3 Å². The SMILES string of the molecule is c1cc2ccc(Oc3ccc4ccc(Cc5ccc6ccc(OCC7CO7)cc6c5)cc4c3)cc2cc1CCC1CO1. The number of ether oxygens (including phenoxy) is 4. The normalized spacial score (nSPS) is 17.5. The van der Waals surface area contributed by atoms with Crippen molar-refractivity contribution >= 4 is 32.3 Å². The Labute approximate surface area is 245 Å². The van der Waals surface area contributed by atoms with E-state index >= 15 is 0 Å². The van der Waals surface area contributed by atoms with Crippen molar-refractivity contribution in [1.29, 1.82) is 0 Å². The lowest BCUT2D eigenvalue weighted by atomic mass is 9.99. The van der Waals surface area contributed by atoms with Gasteiger partial charge >= 0.3 is 0 Å². The first-order valence-corrected chi connectivity index (χ1v) is 14.8. The molecule has 208 valence electrons. The van der Waals surface area contributed by atoms with E-state index in [9.17, 15) is 0 Å². The summed E-state index contributed by atoms with van der Waals surface area (Å²) in [6.07, 6.45) is 3.71. The quantitative estimate of drug-likeness (QED) is 0.160. The third kappa shape index (κ3) is 5.82. The zero-order valence-electron chi connectivity index (χ0n) is 23.4. The van der Waals surface area contributed by atoms with Gasteiger partial charge in [0.1, 0.15) is 30.0 Å². The summed E-state index contributed by atoms with van der Waals surface area (Å²) in [5.41, 5.74) is 3.89. The zero-order valence-corrected chi connectivity index (χ0v) is 23.4. The van der Waals surface area contributed by atoms with Crippen LogP contribution in [0.2, 0.25) is 0 Å². The standard InChI is InChI=1S/C38H32O4/c1-5-28-9-13-35(20-31(28)16-25(1)4-11-37-22-40-37)42-36-14-10-30-7-3-27(18-33(30)21-36)15-26-2-6-29-8-12-34(19-32(29)17-26)39-23-38-24-41-38/h1-3,5-10,12-14,16-21,37-38H,4,11,15,22-24H2. The molecule has 2 unspecified atom stereocenters. The average Bonchev–Trinajstić information content (AvgIpc) is 3.94. The monoisotopic (exact) mass is 552 g/mol. The Hall–Kier alpha value is -4.38. The molecule has 0 radical (unpaired) electrons. The van der Waals surface area contributed by atoms with Crippen molar-refractivity contribution in [3.63, 3.8) is 0 Å². The third-order valence-corrected chi connectivity index (χ3v) is 8.27. The number of hydrogen-bond acceptors (Lipinski definition) is 4. The Kier molecular flexibility index (Phi) is 6.51. The van der Waals surface area contributed by atoms with Gasteiger partial charge < -0.3 is 18.9 Å². The second kappa shape index (κ2) is 10.8. The molecule has 2 saturated heterocycles.